The number of rotatable bonds is 4. The first-order valence-electron chi connectivity index (χ1n) is 7.37. The minimum atomic E-state index is -0.137. The fraction of sp³-hybridized carbons (Fsp3) is 0.105. The van der Waals surface area contributed by atoms with Crippen LogP contribution in [0.2, 0.25) is 0 Å². The van der Waals surface area contributed by atoms with Crippen molar-refractivity contribution in [2.75, 3.05) is 12.4 Å². The molecule has 3 aromatic rings. The monoisotopic (exact) mass is 401 g/mol. The Labute approximate surface area is 153 Å². The first-order valence-corrected chi connectivity index (χ1v) is 9.11. The number of aryl methyl sites for hydroxylation is 1. The van der Waals surface area contributed by atoms with Crippen LogP contribution in [0.1, 0.15) is 15.9 Å². The van der Waals surface area contributed by atoms with Crippen LogP contribution >= 0.6 is 27.3 Å². The standard InChI is InChI=1S/C19H16BrNO2S/c1-12-7-8-14(18(9-12)23-2)13-5-3-4-6-17(13)21-19(22)15-10-24-11-16(15)20/h3-11H,1-2H3,(H,21,22). The van der Waals surface area contributed by atoms with Crippen molar-refractivity contribution < 1.29 is 9.53 Å². The molecule has 0 atom stereocenters. The number of hydrogen-bond acceptors (Lipinski definition) is 3. The van der Waals surface area contributed by atoms with Crippen LogP contribution in [-0.2, 0) is 0 Å². The van der Waals surface area contributed by atoms with E-state index in [1.54, 1.807) is 7.11 Å². The first-order chi connectivity index (χ1) is 11.6. The van der Waals surface area contributed by atoms with E-state index in [-0.39, 0.29) is 5.91 Å². The molecular weight excluding hydrogens is 386 g/mol. The number of hydrogen-bond donors (Lipinski definition) is 1. The van der Waals surface area contributed by atoms with Crippen LogP contribution in [0.3, 0.4) is 0 Å². The van der Waals surface area contributed by atoms with E-state index in [0.29, 0.717) is 5.56 Å². The maximum Gasteiger partial charge on any atom is 0.257 e. The van der Waals surface area contributed by atoms with Gasteiger partial charge in [-0.1, -0.05) is 30.3 Å². The van der Waals surface area contributed by atoms with Crippen LogP contribution in [0.15, 0.2) is 57.7 Å². The average Bonchev–Trinajstić information content (AvgIpc) is 3.01. The number of benzene rings is 2. The van der Waals surface area contributed by atoms with Crippen LogP contribution < -0.4 is 10.1 Å². The molecule has 24 heavy (non-hydrogen) atoms. The Morgan fingerprint density at radius 2 is 1.92 bits per heavy atom. The molecular formula is C19H16BrNO2S. The number of carbonyl (C=O) groups excluding carboxylic acids is 1. The fourth-order valence-electron chi connectivity index (χ4n) is 2.48. The third kappa shape index (κ3) is 3.37. The van der Waals surface area contributed by atoms with Crippen molar-refractivity contribution in [2.45, 2.75) is 6.92 Å². The summed E-state index contributed by atoms with van der Waals surface area (Å²) in [6.07, 6.45) is 0. The van der Waals surface area contributed by atoms with Gasteiger partial charge in [0.05, 0.1) is 12.7 Å². The van der Waals surface area contributed by atoms with Crippen molar-refractivity contribution in [3.63, 3.8) is 0 Å². The van der Waals surface area contributed by atoms with Gasteiger partial charge in [0, 0.05) is 32.0 Å². The second-order valence-corrected chi connectivity index (χ2v) is 6.93. The molecule has 0 radical (unpaired) electrons. The summed E-state index contributed by atoms with van der Waals surface area (Å²) in [4.78, 5) is 12.5. The molecule has 0 saturated carbocycles. The zero-order valence-electron chi connectivity index (χ0n) is 13.3. The number of para-hydroxylation sites is 1. The Bertz CT molecular complexity index is 889. The van der Waals surface area contributed by atoms with E-state index in [1.165, 1.54) is 11.3 Å². The van der Waals surface area contributed by atoms with Crippen molar-refractivity contribution in [2.24, 2.45) is 0 Å². The van der Waals surface area contributed by atoms with Crippen molar-refractivity contribution in [3.8, 4) is 16.9 Å². The summed E-state index contributed by atoms with van der Waals surface area (Å²) in [5, 5.41) is 6.72. The van der Waals surface area contributed by atoms with Gasteiger partial charge in [0.25, 0.3) is 5.91 Å². The number of ether oxygens (including phenoxy) is 1. The highest BCUT2D eigenvalue weighted by molar-refractivity contribution is 9.10. The molecule has 1 aromatic heterocycles. The van der Waals surface area contributed by atoms with Crippen LogP contribution in [-0.4, -0.2) is 13.0 Å². The van der Waals surface area contributed by atoms with E-state index >= 15 is 0 Å². The molecule has 1 heterocycles. The van der Waals surface area contributed by atoms with Gasteiger partial charge < -0.3 is 10.1 Å². The van der Waals surface area contributed by atoms with Crippen molar-refractivity contribution in [3.05, 3.63) is 68.8 Å². The van der Waals surface area contributed by atoms with E-state index in [9.17, 15) is 4.79 Å². The minimum Gasteiger partial charge on any atom is -0.496 e. The number of amides is 1. The van der Waals surface area contributed by atoms with Gasteiger partial charge in [-0.3, -0.25) is 4.79 Å². The summed E-state index contributed by atoms with van der Waals surface area (Å²) < 4.78 is 6.31. The van der Waals surface area contributed by atoms with Crippen LogP contribution in [0.25, 0.3) is 11.1 Å². The molecule has 1 N–H and O–H groups in total. The molecule has 0 aliphatic carbocycles. The lowest BCUT2D eigenvalue weighted by molar-refractivity contribution is 0.102. The Morgan fingerprint density at radius 1 is 1.12 bits per heavy atom. The molecule has 0 unspecified atom stereocenters. The normalized spacial score (nSPS) is 10.5. The smallest absolute Gasteiger partial charge is 0.257 e. The summed E-state index contributed by atoms with van der Waals surface area (Å²) in [5.74, 6) is 0.648. The SMILES string of the molecule is COc1cc(C)ccc1-c1ccccc1NC(=O)c1cscc1Br. The lowest BCUT2D eigenvalue weighted by Gasteiger charge is -2.14. The molecule has 0 spiro atoms. The summed E-state index contributed by atoms with van der Waals surface area (Å²) >= 11 is 4.89. The number of thiophene rings is 1. The van der Waals surface area contributed by atoms with Crippen LogP contribution in [0.5, 0.6) is 5.75 Å². The predicted octanol–water partition coefficient (Wildman–Crippen LogP) is 5.75. The topological polar surface area (TPSA) is 38.3 Å². The lowest BCUT2D eigenvalue weighted by Crippen LogP contribution is -2.12. The number of anilines is 1. The quantitative estimate of drug-likeness (QED) is 0.604. The van der Waals surface area contributed by atoms with Crippen LogP contribution in [0, 0.1) is 6.92 Å². The van der Waals surface area contributed by atoms with E-state index < -0.39 is 0 Å². The van der Waals surface area contributed by atoms with Crippen LogP contribution in [0.4, 0.5) is 5.69 Å². The summed E-state index contributed by atoms with van der Waals surface area (Å²) in [5.41, 5.74) is 4.38. The molecule has 3 rings (SSSR count). The second kappa shape index (κ2) is 7.20. The molecule has 122 valence electrons. The molecule has 0 saturated heterocycles. The van der Waals surface area contributed by atoms with Gasteiger partial charge in [-0.2, -0.15) is 11.3 Å². The third-order valence-electron chi connectivity index (χ3n) is 3.68. The maximum atomic E-state index is 12.5. The zero-order chi connectivity index (χ0) is 17.1. The number of halogens is 1. The summed E-state index contributed by atoms with van der Waals surface area (Å²) in [6, 6.07) is 13.8. The van der Waals surface area contributed by atoms with Gasteiger partial charge in [0.15, 0.2) is 0 Å². The number of carbonyl (C=O) groups is 1. The van der Waals surface area contributed by atoms with Gasteiger partial charge in [-0.25, -0.2) is 0 Å². The lowest BCUT2D eigenvalue weighted by atomic mass is 10.0. The van der Waals surface area contributed by atoms with Gasteiger partial charge in [0.2, 0.25) is 0 Å². The number of nitrogens with one attached hydrogen (secondary N) is 1. The van der Waals surface area contributed by atoms with Gasteiger partial charge in [0.1, 0.15) is 5.75 Å². The summed E-state index contributed by atoms with van der Waals surface area (Å²) in [6.45, 7) is 2.02. The molecule has 2 aromatic carbocycles. The van der Waals surface area contributed by atoms with Gasteiger partial charge >= 0.3 is 0 Å². The van der Waals surface area contributed by atoms with Crippen molar-refractivity contribution in [1.29, 1.82) is 0 Å². The Morgan fingerprint density at radius 3 is 2.62 bits per heavy atom. The Hall–Kier alpha value is -2.11. The number of methoxy groups -OCH3 is 1. The molecule has 5 heteroatoms. The molecule has 0 aliphatic rings. The highest BCUT2D eigenvalue weighted by Gasteiger charge is 2.15. The highest BCUT2D eigenvalue weighted by Crippen LogP contribution is 2.36. The van der Waals surface area contributed by atoms with Crippen molar-refractivity contribution in [1.82, 2.24) is 0 Å². The minimum absolute atomic E-state index is 0.137. The molecule has 0 fully saturated rings. The van der Waals surface area contributed by atoms with Gasteiger partial charge in [-0.05, 0) is 40.5 Å². The molecule has 0 aliphatic heterocycles. The highest BCUT2D eigenvalue weighted by atomic mass is 79.9. The van der Waals surface area contributed by atoms with E-state index in [1.807, 2.05) is 60.1 Å². The fourth-order valence-corrected chi connectivity index (χ4v) is 3.94. The zero-order valence-corrected chi connectivity index (χ0v) is 15.7. The third-order valence-corrected chi connectivity index (χ3v) is 5.38. The second-order valence-electron chi connectivity index (χ2n) is 5.34. The van der Waals surface area contributed by atoms with E-state index in [0.717, 1.165) is 32.6 Å². The average molecular weight is 402 g/mol. The Kier molecular flexibility index (Phi) is 5.02. The van der Waals surface area contributed by atoms with E-state index in [4.69, 9.17) is 4.74 Å². The molecule has 3 nitrogen and oxygen atoms in total. The van der Waals surface area contributed by atoms with E-state index in [2.05, 4.69) is 21.2 Å². The molecule has 0 bridgehead atoms. The Balaban J connectivity index is 2.00. The maximum absolute atomic E-state index is 12.5. The van der Waals surface area contributed by atoms with Crippen molar-refractivity contribution >= 4 is 38.9 Å². The molecule has 1 amide bonds. The predicted molar refractivity (Wildman–Crippen MR) is 103 cm³/mol. The van der Waals surface area contributed by atoms with Gasteiger partial charge in [-0.15, -0.1) is 0 Å². The first kappa shape index (κ1) is 16.7. The largest absolute Gasteiger partial charge is 0.496 e. The summed E-state index contributed by atoms with van der Waals surface area (Å²) in [7, 11) is 1.65.